The molecule has 1 N–H and O–H groups in total. The second-order valence-corrected chi connectivity index (χ2v) is 7.24. The fourth-order valence-corrected chi connectivity index (χ4v) is 4.01. The zero-order valence-corrected chi connectivity index (χ0v) is 13.7. The van der Waals surface area contributed by atoms with Gasteiger partial charge in [-0.25, -0.2) is 8.42 Å². The van der Waals surface area contributed by atoms with Crippen LogP contribution in [0.3, 0.4) is 0 Å². The van der Waals surface area contributed by atoms with Crippen molar-refractivity contribution in [1.82, 2.24) is 9.62 Å². The molecule has 0 radical (unpaired) electrons. The lowest BCUT2D eigenvalue weighted by Crippen LogP contribution is -2.47. The Morgan fingerprint density at radius 1 is 1.43 bits per heavy atom. The number of carbonyl (C=O) groups is 1. The van der Waals surface area contributed by atoms with Gasteiger partial charge in [0, 0.05) is 18.5 Å². The van der Waals surface area contributed by atoms with Crippen LogP contribution in [0.15, 0.2) is 34.2 Å². The van der Waals surface area contributed by atoms with E-state index in [9.17, 15) is 13.2 Å². The third-order valence-corrected chi connectivity index (χ3v) is 5.34. The van der Waals surface area contributed by atoms with Crippen LogP contribution in [0.4, 0.5) is 0 Å². The monoisotopic (exact) mass is 337 g/mol. The molecule has 1 aromatic rings. The van der Waals surface area contributed by atoms with Gasteiger partial charge in [0.2, 0.25) is 5.91 Å². The van der Waals surface area contributed by atoms with E-state index in [4.69, 9.17) is 4.74 Å². The summed E-state index contributed by atoms with van der Waals surface area (Å²) in [6, 6.07) is 6.75. The van der Waals surface area contributed by atoms with E-state index in [1.54, 1.807) is 29.2 Å². The van der Waals surface area contributed by atoms with Gasteiger partial charge in [-0.2, -0.15) is 0 Å². The number of sulfonamides is 1. The lowest BCUT2D eigenvalue weighted by molar-refractivity contribution is -0.138. The van der Waals surface area contributed by atoms with Gasteiger partial charge in [-0.1, -0.05) is 12.1 Å². The number of ether oxygens (including phenoxy) is 1. The molecule has 0 spiro atoms. The molecular weight excluding hydrogens is 318 g/mol. The van der Waals surface area contributed by atoms with Crippen molar-refractivity contribution in [3.63, 3.8) is 0 Å². The molecule has 0 saturated carbocycles. The number of carbonyl (C=O) groups excluding carboxylic acids is 1. The van der Waals surface area contributed by atoms with E-state index in [1.165, 1.54) is 0 Å². The number of nitrogens with one attached hydrogen (secondary N) is 1. The number of hydrogen-bond donors (Lipinski definition) is 1. The first-order chi connectivity index (χ1) is 11.0. The van der Waals surface area contributed by atoms with Crippen molar-refractivity contribution < 1.29 is 17.9 Å². The average molecular weight is 337 g/mol. The maximum absolute atomic E-state index is 12.2. The van der Waals surface area contributed by atoms with Gasteiger partial charge in [0.1, 0.15) is 5.84 Å². The van der Waals surface area contributed by atoms with Crippen molar-refractivity contribution in [3.8, 4) is 0 Å². The van der Waals surface area contributed by atoms with Crippen LogP contribution in [0.5, 0.6) is 0 Å². The van der Waals surface area contributed by atoms with Gasteiger partial charge in [-0.15, -0.1) is 0 Å². The molecule has 3 rings (SSSR count). The van der Waals surface area contributed by atoms with E-state index in [2.05, 4.69) is 9.71 Å². The predicted molar refractivity (Wildman–Crippen MR) is 84.8 cm³/mol. The third-order valence-electron chi connectivity index (χ3n) is 3.95. The number of amides is 1. The Bertz CT molecular complexity index is 745. The molecule has 0 unspecified atom stereocenters. The quantitative estimate of drug-likeness (QED) is 0.863. The molecule has 7 nitrogen and oxygen atoms in total. The highest BCUT2D eigenvalue weighted by Crippen LogP contribution is 2.22. The minimum absolute atomic E-state index is 0.0132. The van der Waals surface area contributed by atoms with Gasteiger partial charge in [-0.05, 0) is 19.1 Å². The van der Waals surface area contributed by atoms with Crippen LogP contribution in [0, 0.1) is 0 Å². The number of benzene rings is 1. The smallest absolute Gasteiger partial charge is 0.263 e. The zero-order valence-electron chi connectivity index (χ0n) is 12.9. The van der Waals surface area contributed by atoms with Crippen LogP contribution in [-0.4, -0.2) is 57.4 Å². The molecule has 8 heteroatoms. The Hall–Kier alpha value is -1.93. The summed E-state index contributed by atoms with van der Waals surface area (Å²) >= 11 is 0. The number of fused-ring (bicyclic) bond motifs is 1. The molecule has 0 bridgehead atoms. The fourth-order valence-electron chi connectivity index (χ4n) is 2.76. The summed E-state index contributed by atoms with van der Waals surface area (Å²) in [6.45, 7) is 3.89. The first-order valence-corrected chi connectivity index (χ1v) is 9.01. The topological polar surface area (TPSA) is 88.1 Å². The van der Waals surface area contributed by atoms with Gasteiger partial charge in [0.15, 0.2) is 0 Å². The summed E-state index contributed by atoms with van der Waals surface area (Å²) in [7, 11) is -3.53. The van der Waals surface area contributed by atoms with Crippen molar-refractivity contribution in [2.75, 3.05) is 26.3 Å². The number of morpholine rings is 1. The predicted octanol–water partition coefficient (Wildman–Crippen LogP) is 0.363. The Morgan fingerprint density at radius 2 is 2.22 bits per heavy atom. The second-order valence-electron chi connectivity index (χ2n) is 5.59. The SMILES string of the molecule is C[C@H]1COCCN1C(=O)CCN=C1NS(=O)(=O)c2ccccc21. The summed E-state index contributed by atoms with van der Waals surface area (Å²) < 4.78 is 31.7. The average Bonchev–Trinajstić information content (AvgIpc) is 2.79. The highest BCUT2D eigenvalue weighted by molar-refractivity contribution is 7.90. The molecule has 23 heavy (non-hydrogen) atoms. The van der Waals surface area contributed by atoms with Crippen molar-refractivity contribution in [2.45, 2.75) is 24.3 Å². The number of hydrogen-bond acceptors (Lipinski definition) is 5. The van der Waals surface area contributed by atoms with Crippen molar-refractivity contribution in [2.24, 2.45) is 4.99 Å². The lowest BCUT2D eigenvalue weighted by Gasteiger charge is -2.33. The molecule has 2 aliphatic heterocycles. The van der Waals surface area contributed by atoms with Crippen LogP contribution in [0.1, 0.15) is 18.9 Å². The van der Waals surface area contributed by atoms with Crippen LogP contribution in [0.2, 0.25) is 0 Å². The molecule has 0 aliphatic carbocycles. The largest absolute Gasteiger partial charge is 0.377 e. The molecule has 124 valence electrons. The fraction of sp³-hybridized carbons (Fsp3) is 0.467. The van der Waals surface area contributed by atoms with Gasteiger partial charge in [0.05, 0.1) is 30.7 Å². The maximum atomic E-state index is 12.2. The van der Waals surface area contributed by atoms with Crippen LogP contribution in [0.25, 0.3) is 0 Å². The molecule has 2 heterocycles. The molecule has 1 fully saturated rings. The number of aliphatic imine (C=N–C) groups is 1. The van der Waals surface area contributed by atoms with Crippen LogP contribution in [-0.2, 0) is 19.6 Å². The lowest BCUT2D eigenvalue weighted by atomic mass is 10.2. The highest BCUT2D eigenvalue weighted by Gasteiger charge is 2.30. The molecule has 2 aliphatic rings. The number of rotatable bonds is 3. The Labute approximate surface area is 135 Å². The first-order valence-electron chi connectivity index (χ1n) is 7.53. The van der Waals surface area contributed by atoms with Gasteiger partial charge in [0.25, 0.3) is 10.0 Å². The highest BCUT2D eigenvalue weighted by atomic mass is 32.2. The standard InChI is InChI=1S/C15H19N3O4S/c1-11-10-22-9-8-18(11)14(19)6-7-16-15-12-4-2-3-5-13(12)23(20,21)17-15/h2-5,11H,6-10H2,1H3,(H,16,17)/t11-/m0/s1. The van der Waals surface area contributed by atoms with E-state index < -0.39 is 10.0 Å². The normalized spacial score (nSPS) is 24.3. The number of amidine groups is 1. The van der Waals surface area contributed by atoms with E-state index in [0.29, 0.717) is 31.2 Å². The minimum Gasteiger partial charge on any atom is -0.377 e. The molecule has 1 amide bonds. The molecule has 1 atom stereocenters. The first kappa shape index (κ1) is 15.9. The maximum Gasteiger partial charge on any atom is 0.263 e. The Balaban J connectivity index is 1.66. The van der Waals surface area contributed by atoms with Crippen LogP contribution >= 0.6 is 0 Å². The number of nitrogens with zero attached hydrogens (tertiary/aromatic N) is 2. The van der Waals surface area contributed by atoms with E-state index in [-0.39, 0.29) is 29.8 Å². The summed E-state index contributed by atoms with van der Waals surface area (Å²) in [5.41, 5.74) is 0.555. The van der Waals surface area contributed by atoms with Gasteiger partial charge < -0.3 is 9.64 Å². The van der Waals surface area contributed by atoms with E-state index in [0.717, 1.165) is 0 Å². The van der Waals surface area contributed by atoms with Gasteiger partial charge >= 0.3 is 0 Å². The third kappa shape index (κ3) is 3.23. The Morgan fingerprint density at radius 3 is 3.00 bits per heavy atom. The van der Waals surface area contributed by atoms with Crippen molar-refractivity contribution in [1.29, 1.82) is 0 Å². The summed E-state index contributed by atoms with van der Waals surface area (Å²) in [4.78, 5) is 18.5. The minimum atomic E-state index is -3.53. The molecular formula is C15H19N3O4S. The summed E-state index contributed by atoms with van der Waals surface area (Å²) in [5.74, 6) is 0.322. The molecule has 1 aromatic carbocycles. The van der Waals surface area contributed by atoms with Crippen molar-refractivity contribution in [3.05, 3.63) is 29.8 Å². The van der Waals surface area contributed by atoms with E-state index in [1.807, 2.05) is 6.92 Å². The zero-order chi connectivity index (χ0) is 16.4. The van der Waals surface area contributed by atoms with Crippen molar-refractivity contribution >= 4 is 21.8 Å². The molecule has 0 aromatic heterocycles. The summed E-state index contributed by atoms with van der Waals surface area (Å²) in [5, 5.41) is 0. The molecule has 1 saturated heterocycles. The Kier molecular flexibility index (Phi) is 4.36. The second kappa shape index (κ2) is 6.29. The van der Waals surface area contributed by atoms with E-state index >= 15 is 0 Å². The summed E-state index contributed by atoms with van der Waals surface area (Å²) in [6.07, 6.45) is 0.248. The van der Waals surface area contributed by atoms with Crippen LogP contribution < -0.4 is 4.72 Å². The van der Waals surface area contributed by atoms with Gasteiger partial charge in [-0.3, -0.25) is 14.5 Å².